The van der Waals surface area contributed by atoms with Crippen molar-refractivity contribution in [2.45, 2.75) is 19.8 Å². The molecule has 0 unspecified atom stereocenters. The second-order valence-corrected chi connectivity index (χ2v) is 3.58. The summed E-state index contributed by atoms with van der Waals surface area (Å²) in [7, 11) is 0. The van der Waals surface area contributed by atoms with E-state index < -0.39 is 0 Å². The summed E-state index contributed by atoms with van der Waals surface area (Å²) in [5.41, 5.74) is 2.13. The molecular weight excluding hydrogens is 196 g/mol. The van der Waals surface area contributed by atoms with Crippen molar-refractivity contribution in [2.24, 2.45) is 0 Å². The average molecular weight is 209 g/mol. The van der Waals surface area contributed by atoms with Crippen LogP contribution in [0, 0.1) is 18.3 Å². The molecule has 0 atom stereocenters. The maximum atomic E-state index is 8.36. The molecule has 0 radical (unpaired) electrons. The van der Waals surface area contributed by atoms with E-state index in [4.69, 9.17) is 16.9 Å². The van der Waals surface area contributed by atoms with Crippen LogP contribution >= 0.6 is 11.6 Å². The van der Waals surface area contributed by atoms with E-state index in [1.54, 1.807) is 0 Å². The molecule has 0 saturated heterocycles. The lowest BCUT2D eigenvalue weighted by molar-refractivity contribution is 0.897. The van der Waals surface area contributed by atoms with Crippen molar-refractivity contribution < 1.29 is 0 Å². The predicted molar refractivity (Wildman–Crippen MR) is 59.5 cm³/mol. The number of nitrogens with zero attached hydrogens (tertiary/aromatic N) is 1. The van der Waals surface area contributed by atoms with Gasteiger partial charge in [-0.15, -0.1) is 0 Å². The number of hydrogen-bond acceptors (Lipinski definition) is 2. The molecule has 0 amide bonds. The lowest BCUT2D eigenvalue weighted by Crippen LogP contribution is -2.01. The second kappa shape index (κ2) is 5.51. The maximum absolute atomic E-state index is 8.36. The largest absolute Gasteiger partial charge is 0.384 e. The first-order valence-corrected chi connectivity index (χ1v) is 4.99. The number of benzene rings is 1. The van der Waals surface area contributed by atoms with Gasteiger partial charge in [0.1, 0.15) is 0 Å². The fourth-order valence-corrected chi connectivity index (χ4v) is 1.35. The fourth-order valence-electron chi connectivity index (χ4n) is 1.17. The van der Waals surface area contributed by atoms with Gasteiger partial charge in [-0.05, 0) is 31.0 Å². The molecule has 1 aromatic rings. The molecule has 2 nitrogen and oxygen atoms in total. The summed E-state index contributed by atoms with van der Waals surface area (Å²) in [6, 6.07) is 7.97. The Morgan fingerprint density at radius 3 is 3.00 bits per heavy atom. The molecule has 0 bridgehead atoms. The standard InChI is InChI=1S/C11H13ClN2/c1-9-4-5-10(12)11(8-9)14-7-3-2-6-13/h4-5,8,14H,2-3,7H2,1H3. The molecular formula is C11H13ClN2. The van der Waals surface area contributed by atoms with Crippen LogP contribution in [-0.4, -0.2) is 6.54 Å². The monoisotopic (exact) mass is 208 g/mol. The SMILES string of the molecule is Cc1ccc(Cl)c(NCCCC#N)c1. The number of unbranched alkanes of at least 4 members (excludes halogenated alkanes) is 1. The minimum Gasteiger partial charge on any atom is -0.384 e. The third kappa shape index (κ3) is 3.27. The summed E-state index contributed by atoms with van der Waals surface area (Å²) in [6.07, 6.45) is 1.43. The molecule has 1 rings (SSSR count). The summed E-state index contributed by atoms with van der Waals surface area (Å²) in [5.74, 6) is 0. The molecule has 0 saturated carbocycles. The molecule has 0 aliphatic carbocycles. The van der Waals surface area contributed by atoms with Crippen molar-refractivity contribution in [1.82, 2.24) is 0 Å². The first-order chi connectivity index (χ1) is 6.74. The van der Waals surface area contributed by atoms with E-state index in [0.717, 1.165) is 23.7 Å². The van der Waals surface area contributed by atoms with Crippen LogP contribution in [0.3, 0.4) is 0 Å². The van der Waals surface area contributed by atoms with Crippen molar-refractivity contribution >= 4 is 17.3 Å². The third-order valence-electron chi connectivity index (χ3n) is 1.90. The Labute approximate surface area is 89.5 Å². The van der Waals surface area contributed by atoms with E-state index in [1.165, 1.54) is 5.56 Å². The molecule has 0 fully saturated rings. The highest BCUT2D eigenvalue weighted by atomic mass is 35.5. The highest BCUT2D eigenvalue weighted by Gasteiger charge is 1.98. The number of hydrogen-bond donors (Lipinski definition) is 1. The number of nitriles is 1. The van der Waals surface area contributed by atoms with Crippen LogP contribution in [0.1, 0.15) is 18.4 Å². The third-order valence-corrected chi connectivity index (χ3v) is 2.23. The van der Waals surface area contributed by atoms with Gasteiger partial charge in [-0.25, -0.2) is 0 Å². The summed E-state index contributed by atoms with van der Waals surface area (Å²) < 4.78 is 0. The van der Waals surface area contributed by atoms with E-state index in [9.17, 15) is 0 Å². The molecule has 0 heterocycles. The number of anilines is 1. The molecule has 3 heteroatoms. The van der Waals surface area contributed by atoms with Gasteiger partial charge in [0.2, 0.25) is 0 Å². The van der Waals surface area contributed by atoms with Gasteiger partial charge in [0, 0.05) is 13.0 Å². The molecule has 1 aromatic carbocycles. The van der Waals surface area contributed by atoms with Gasteiger partial charge in [0.05, 0.1) is 16.8 Å². The summed E-state index contributed by atoms with van der Waals surface area (Å²) >= 11 is 5.98. The Balaban J connectivity index is 2.50. The Morgan fingerprint density at radius 1 is 1.50 bits per heavy atom. The molecule has 74 valence electrons. The van der Waals surface area contributed by atoms with Crippen LogP contribution in [0.4, 0.5) is 5.69 Å². The topological polar surface area (TPSA) is 35.8 Å². The Morgan fingerprint density at radius 2 is 2.29 bits per heavy atom. The minimum absolute atomic E-state index is 0.580. The molecule has 0 aliphatic rings. The predicted octanol–water partition coefficient (Wildman–Crippen LogP) is 3.36. The summed E-state index contributed by atoms with van der Waals surface area (Å²) in [6.45, 7) is 2.81. The molecule has 14 heavy (non-hydrogen) atoms. The van der Waals surface area contributed by atoms with Crippen molar-refractivity contribution in [3.8, 4) is 6.07 Å². The number of halogens is 1. The molecule has 0 aromatic heterocycles. The second-order valence-electron chi connectivity index (χ2n) is 3.17. The Hall–Kier alpha value is -1.20. The van der Waals surface area contributed by atoms with Gasteiger partial charge in [-0.2, -0.15) is 5.26 Å². The first-order valence-electron chi connectivity index (χ1n) is 4.61. The van der Waals surface area contributed by atoms with Gasteiger partial charge < -0.3 is 5.32 Å². The minimum atomic E-state index is 0.580. The smallest absolute Gasteiger partial charge is 0.0637 e. The van der Waals surface area contributed by atoms with Crippen LogP contribution in [0.15, 0.2) is 18.2 Å². The van der Waals surface area contributed by atoms with E-state index in [1.807, 2.05) is 25.1 Å². The molecule has 1 N–H and O–H groups in total. The Kier molecular flexibility index (Phi) is 4.28. The van der Waals surface area contributed by atoms with Crippen molar-refractivity contribution in [1.29, 1.82) is 5.26 Å². The van der Waals surface area contributed by atoms with Crippen LogP contribution in [0.25, 0.3) is 0 Å². The highest BCUT2D eigenvalue weighted by molar-refractivity contribution is 6.33. The summed E-state index contributed by atoms with van der Waals surface area (Å²) in [4.78, 5) is 0. The van der Waals surface area contributed by atoms with Gasteiger partial charge in [0.25, 0.3) is 0 Å². The maximum Gasteiger partial charge on any atom is 0.0637 e. The van der Waals surface area contributed by atoms with Gasteiger partial charge >= 0.3 is 0 Å². The quantitative estimate of drug-likeness (QED) is 0.771. The number of nitrogens with one attached hydrogen (secondary N) is 1. The lowest BCUT2D eigenvalue weighted by Gasteiger charge is -2.07. The van der Waals surface area contributed by atoms with E-state index in [-0.39, 0.29) is 0 Å². The number of rotatable bonds is 4. The van der Waals surface area contributed by atoms with Crippen LogP contribution in [-0.2, 0) is 0 Å². The zero-order valence-corrected chi connectivity index (χ0v) is 8.93. The van der Waals surface area contributed by atoms with E-state index >= 15 is 0 Å². The van der Waals surface area contributed by atoms with Crippen LogP contribution in [0.2, 0.25) is 5.02 Å². The van der Waals surface area contributed by atoms with Gasteiger partial charge in [-0.1, -0.05) is 17.7 Å². The number of aryl methyl sites for hydroxylation is 1. The fraction of sp³-hybridized carbons (Fsp3) is 0.364. The zero-order valence-electron chi connectivity index (χ0n) is 8.18. The lowest BCUT2D eigenvalue weighted by atomic mass is 10.2. The van der Waals surface area contributed by atoms with Crippen molar-refractivity contribution in [3.63, 3.8) is 0 Å². The van der Waals surface area contributed by atoms with Gasteiger partial charge in [0.15, 0.2) is 0 Å². The average Bonchev–Trinajstić information content (AvgIpc) is 2.18. The van der Waals surface area contributed by atoms with E-state index in [0.29, 0.717) is 6.42 Å². The highest BCUT2D eigenvalue weighted by Crippen LogP contribution is 2.22. The van der Waals surface area contributed by atoms with Crippen LogP contribution < -0.4 is 5.32 Å². The first kappa shape index (κ1) is 10.9. The van der Waals surface area contributed by atoms with Gasteiger partial charge in [-0.3, -0.25) is 0 Å². The van der Waals surface area contributed by atoms with Crippen LogP contribution in [0.5, 0.6) is 0 Å². The normalized spacial score (nSPS) is 9.50. The van der Waals surface area contributed by atoms with Crippen molar-refractivity contribution in [3.05, 3.63) is 28.8 Å². The molecule has 0 aliphatic heterocycles. The van der Waals surface area contributed by atoms with Crippen molar-refractivity contribution in [2.75, 3.05) is 11.9 Å². The molecule has 0 spiro atoms. The summed E-state index contributed by atoms with van der Waals surface area (Å²) in [5, 5.41) is 12.3. The van der Waals surface area contributed by atoms with E-state index in [2.05, 4.69) is 11.4 Å². The Bertz CT molecular complexity index is 342. The zero-order chi connectivity index (χ0) is 10.4.